The van der Waals surface area contributed by atoms with Crippen molar-refractivity contribution in [3.8, 4) is 0 Å². The Morgan fingerprint density at radius 1 is 1.37 bits per heavy atom. The molecule has 0 bridgehead atoms. The molecule has 1 heterocycles. The molecule has 0 aliphatic carbocycles. The van der Waals surface area contributed by atoms with E-state index in [-0.39, 0.29) is 5.91 Å². The van der Waals surface area contributed by atoms with Crippen LogP contribution in [0.4, 0.5) is 5.69 Å². The molecule has 1 aromatic carbocycles. The summed E-state index contributed by atoms with van der Waals surface area (Å²) in [4.78, 5) is 14.2. The zero-order chi connectivity index (χ0) is 13.5. The van der Waals surface area contributed by atoms with Gasteiger partial charge in [-0.3, -0.25) is 4.79 Å². The molecule has 19 heavy (non-hydrogen) atoms. The van der Waals surface area contributed by atoms with E-state index in [4.69, 9.17) is 0 Å². The molecule has 5 heteroatoms. The average Bonchev–Trinajstić information content (AvgIpc) is 2.40. The first-order valence-corrected chi connectivity index (χ1v) is 7.52. The molecule has 0 saturated carbocycles. The van der Waals surface area contributed by atoms with Crippen molar-refractivity contribution in [1.82, 2.24) is 10.2 Å². The van der Waals surface area contributed by atoms with Crippen molar-refractivity contribution in [3.05, 3.63) is 28.7 Å². The van der Waals surface area contributed by atoms with Gasteiger partial charge in [-0.05, 0) is 31.2 Å². The number of nitrogens with zero attached hydrogens (tertiary/aromatic N) is 1. The van der Waals surface area contributed by atoms with Crippen LogP contribution >= 0.6 is 15.9 Å². The Labute approximate surface area is 122 Å². The minimum Gasteiger partial charge on any atom is -0.326 e. The van der Waals surface area contributed by atoms with E-state index in [1.165, 1.54) is 0 Å². The number of amides is 1. The van der Waals surface area contributed by atoms with Gasteiger partial charge in [0.15, 0.2) is 0 Å². The molecule has 0 aromatic heterocycles. The standard InChI is InChI=1S/C14H20BrN3O/c15-12-3-1-4-13(11-12)17-14(19)5-2-8-18-9-6-16-7-10-18/h1,3-4,11,16H,2,5-10H2,(H,17,19). The Morgan fingerprint density at radius 3 is 2.89 bits per heavy atom. The summed E-state index contributed by atoms with van der Waals surface area (Å²) in [5.74, 6) is 0.0910. The normalized spacial score (nSPS) is 16.3. The molecule has 1 saturated heterocycles. The lowest BCUT2D eigenvalue weighted by molar-refractivity contribution is -0.116. The molecule has 0 unspecified atom stereocenters. The molecule has 0 spiro atoms. The topological polar surface area (TPSA) is 44.4 Å². The largest absolute Gasteiger partial charge is 0.326 e. The fourth-order valence-corrected chi connectivity index (χ4v) is 2.59. The van der Waals surface area contributed by atoms with E-state index in [9.17, 15) is 4.79 Å². The van der Waals surface area contributed by atoms with E-state index >= 15 is 0 Å². The lowest BCUT2D eigenvalue weighted by Crippen LogP contribution is -2.43. The molecule has 1 amide bonds. The minimum atomic E-state index is 0.0910. The van der Waals surface area contributed by atoms with Gasteiger partial charge in [0, 0.05) is 42.8 Å². The number of anilines is 1. The summed E-state index contributed by atoms with van der Waals surface area (Å²) < 4.78 is 0.978. The van der Waals surface area contributed by atoms with Crippen LogP contribution in [0.1, 0.15) is 12.8 Å². The van der Waals surface area contributed by atoms with Gasteiger partial charge in [-0.25, -0.2) is 0 Å². The van der Waals surface area contributed by atoms with Crippen molar-refractivity contribution in [2.75, 3.05) is 38.0 Å². The molecule has 4 nitrogen and oxygen atoms in total. The Hall–Kier alpha value is -0.910. The first kappa shape index (κ1) is 14.5. The van der Waals surface area contributed by atoms with Crippen LogP contribution in [-0.4, -0.2) is 43.5 Å². The first-order valence-electron chi connectivity index (χ1n) is 6.72. The van der Waals surface area contributed by atoms with Crippen molar-refractivity contribution >= 4 is 27.5 Å². The number of carbonyl (C=O) groups is 1. The van der Waals surface area contributed by atoms with Crippen LogP contribution in [0.5, 0.6) is 0 Å². The molecule has 1 aliphatic rings. The van der Waals surface area contributed by atoms with Crippen LogP contribution in [0.3, 0.4) is 0 Å². The Kier molecular flexibility index (Phi) is 5.82. The molecule has 1 aromatic rings. The number of hydrogen-bond donors (Lipinski definition) is 2. The highest BCUT2D eigenvalue weighted by atomic mass is 79.9. The third-order valence-electron chi connectivity index (χ3n) is 3.20. The SMILES string of the molecule is O=C(CCCN1CCNCC1)Nc1cccc(Br)c1. The minimum absolute atomic E-state index is 0.0910. The third kappa shape index (κ3) is 5.30. The molecular weight excluding hydrogens is 306 g/mol. The number of halogens is 1. The molecule has 1 aliphatic heterocycles. The monoisotopic (exact) mass is 325 g/mol. The van der Waals surface area contributed by atoms with Gasteiger partial charge in [0.2, 0.25) is 5.91 Å². The van der Waals surface area contributed by atoms with E-state index in [1.54, 1.807) is 0 Å². The van der Waals surface area contributed by atoms with Gasteiger partial charge < -0.3 is 15.5 Å². The maximum Gasteiger partial charge on any atom is 0.224 e. The van der Waals surface area contributed by atoms with Gasteiger partial charge in [-0.15, -0.1) is 0 Å². The second-order valence-electron chi connectivity index (χ2n) is 4.75. The number of benzene rings is 1. The fraction of sp³-hybridized carbons (Fsp3) is 0.500. The molecule has 2 rings (SSSR count). The van der Waals surface area contributed by atoms with E-state index in [0.717, 1.165) is 49.3 Å². The highest BCUT2D eigenvalue weighted by molar-refractivity contribution is 9.10. The molecule has 2 N–H and O–H groups in total. The predicted octanol–water partition coefficient (Wildman–Crippen LogP) is 2.07. The second-order valence-corrected chi connectivity index (χ2v) is 5.67. The van der Waals surface area contributed by atoms with Gasteiger partial charge in [0.05, 0.1) is 0 Å². The number of carbonyl (C=O) groups excluding carboxylic acids is 1. The number of nitrogens with one attached hydrogen (secondary N) is 2. The van der Waals surface area contributed by atoms with E-state index in [0.29, 0.717) is 6.42 Å². The summed E-state index contributed by atoms with van der Waals surface area (Å²) in [5.41, 5.74) is 0.849. The second kappa shape index (κ2) is 7.62. The zero-order valence-corrected chi connectivity index (χ0v) is 12.6. The highest BCUT2D eigenvalue weighted by Gasteiger charge is 2.10. The smallest absolute Gasteiger partial charge is 0.224 e. The van der Waals surface area contributed by atoms with Crippen LogP contribution in [0, 0.1) is 0 Å². The van der Waals surface area contributed by atoms with E-state index in [2.05, 4.69) is 31.5 Å². The molecule has 0 radical (unpaired) electrons. The van der Waals surface area contributed by atoms with Gasteiger partial charge in [0.1, 0.15) is 0 Å². The summed E-state index contributed by atoms with van der Waals surface area (Å²) in [6.07, 6.45) is 1.50. The van der Waals surface area contributed by atoms with E-state index in [1.807, 2.05) is 24.3 Å². The Bertz CT molecular complexity index is 419. The maximum absolute atomic E-state index is 11.8. The zero-order valence-electron chi connectivity index (χ0n) is 11.0. The van der Waals surface area contributed by atoms with Crippen LogP contribution in [0.15, 0.2) is 28.7 Å². The highest BCUT2D eigenvalue weighted by Crippen LogP contribution is 2.15. The molecule has 104 valence electrons. The number of rotatable bonds is 5. The van der Waals surface area contributed by atoms with Crippen LogP contribution in [0.2, 0.25) is 0 Å². The van der Waals surface area contributed by atoms with Crippen LogP contribution in [-0.2, 0) is 4.79 Å². The lowest BCUT2D eigenvalue weighted by Gasteiger charge is -2.26. The van der Waals surface area contributed by atoms with Crippen LogP contribution in [0.25, 0.3) is 0 Å². The maximum atomic E-state index is 11.8. The third-order valence-corrected chi connectivity index (χ3v) is 3.69. The number of hydrogen-bond acceptors (Lipinski definition) is 3. The Morgan fingerprint density at radius 2 is 2.16 bits per heavy atom. The van der Waals surface area contributed by atoms with Gasteiger partial charge in [-0.1, -0.05) is 22.0 Å². The van der Waals surface area contributed by atoms with Gasteiger partial charge >= 0.3 is 0 Å². The van der Waals surface area contributed by atoms with E-state index < -0.39 is 0 Å². The summed E-state index contributed by atoms with van der Waals surface area (Å²) in [6.45, 7) is 5.31. The summed E-state index contributed by atoms with van der Waals surface area (Å²) in [6, 6.07) is 7.67. The van der Waals surface area contributed by atoms with Crippen LogP contribution < -0.4 is 10.6 Å². The predicted molar refractivity (Wildman–Crippen MR) is 81.3 cm³/mol. The summed E-state index contributed by atoms with van der Waals surface area (Å²) in [5, 5.41) is 6.25. The number of piperazine rings is 1. The quantitative estimate of drug-likeness (QED) is 0.871. The van der Waals surface area contributed by atoms with Gasteiger partial charge in [0.25, 0.3) is 0 Å². The fourth-order valence-electron chi connectivity index (χ4n) is 2.19. The van der Waals surface area contributed by atoms with Crippen molar-refractivity contribution in [2.45, 2.75) is 12.8 Å². The molecule has 1 fully saturated rings. The molecule has 0 atom stereocenters. The van der Waals surface area contributed by atoms with Crippen molar-refractivity contribution < 1.29 is 4.79 Å². The van der Waals surface area contributed by atoms with Crippen molar-refractivity contribution in [3.63, 3.8) is 0 Å². The Balaban J connectivity index is 1.67. The summed E-state index contributed by atoms with van der Waals surface area (Å²) >= 11 is 3.39. The van der Waals surface area contributed by atoms with Gasteiger partial charge in [-0.2, -0.15) is 0 Å². The molecular formula is C14H20BrN3O. The average molecular weight is 326 g/mol. The van der Waals surface area contributed by atoms with Crippen molar-refractivity contribution in [2.24, 2.45) is 0 Å². The first-order chi connectivity index (χ1) is 9.24. The van der Waals surface area contributed by atoms with Crippen molar-refractivity contribution in [1.29, 1.82) is 0 Å². The lowest BCUT2D eigenvalue weighted by atomic mass is 10.2. The summed E-state index contributed by atoms with van der Waals surface area (Å²) in [7, 11) is 0.